The van der Waals surface area contributed by atoms with Gasteiger partial charge in [-0.3, -0.25) is 0 Å². The van der Waals surface area contributed by atoms with Crippen molar-refractivity contribution in [3.63, 3.8) is 0 Å². The summed E-state index contributed by atoms with van der Waals surface area (Å²) in [6, 6.07) is 12.2. The van der Waals surface area contributed by atoms with Gasteiger partial charge in [0.05, 0.1) is 23.2 Å². The molecule has 8 nitrogen and oxygen atoms in total. The van der Waals surface area contributed by atoms with Crippen LogP contribution in [0.15, 0.2) is 78.2 Å². The Morgan fingerprint density at radius 2 is 1.62 bits per heavy atom. The Morgan fingerprint density at radius 3 is 2.32 bits per heavy atom. The number of anilines is 1. The third-order valence-corrected chi connectivity index (χ3v) is 7.07. The molecule has 12 heteroatoms. The number of ether oxygens (including phenoxy) is 1. The van der Waals surface area contributed by atoms with Crippen LogP contribution in [0.4, 0.5) is 14.7 Å². The highest BCUT2D eigenvalue weighted by Gasteiger charge is 2.20. The first-order chi connectivity index (χ1) is 17.7. The van der Waals surface area contributed by atoms with Gasteiger partial charge >= 0.3 is 0 Å². The first kappa shape index (κ1) is 24.5. The van der Waals surface area contributed by atoms with Crippen LogP contribution in [0.5, 0.6) is 5.75 Å². The highest BCUT2D eigenvalue weighted by atomic mass is 35.5. The average molecular weight is 540 g/mol. The van der Waals surface area contributed by atoms with E-state index in [0.717, 1.165) is 6.07 Å². The van der Waals surface area contributed by atoms with Gasteiger partial charge in [-0.2, -0.15) is 0 Å². The molecule has 2 heterocycles. The molecule has 0 amide bonds. The van der Waals surface area contributed by atoms with Crippen molar-refractivity contribution >= 4 is 38.5 Å². The monoisotopic (exact) mass is 539 g/mol. The first-order valence-corrected chi connectivity index (χ1v) is 12.5. The summed E-state index contributed by atoms with van der Waals surface area (Å²) >= 11 is 6.52. The Morgan fingerprint density at radius 1 is 0.892 bits per heavy atom. The maximum atomic E-state index is 13.8. The number of sulfonamides is 1. The van der Waals surface area contributed by atoms with Gasteiger partial charge in [0.25, 0.3) is 10.0 Å². The Balaban J connectivity index is 1.59. The summed E-state index contributed by atoms with van der Waals surface area (Å²) in [6.07, 6.45) is 4.11. The van der Waals surface area contributed by atoms with E-state index in [-0.39, 0.29) is 21.4 Å². The molecule has 2 aromatic heterocycles. The number of aromatic nitrogens is 4. The van der Waals surface area contributed by atoms with Crippen LogP contribution in [0.25, 0.3) is 33.3 Å². The number of halogens is 3. The Hall–Kier alpha value is -4.22. The predicted octanol–water partition coefficient (Wildman–Crippen LogP) is 5.49. The Labute approximate surface area is 215 Å². The number of hydrogen-bond donors (Lipinski definition) is 1. The van der Waals surface area contributed by atoms with Crippen molar-refractivity contribution in [2.24, 2.45) is 0 Å². The average Bonchev–Trinajstić information content (AvgIpc) is 2.87. The fourth-order valence-electron chi connectivity index (χ4n) is 3.79. The molecule has 0 spiro atoms. The van der Waals surface area contributed by atoms with Crippen LogP contribution >= 0.6 is 11.6 Å². The van der Waals surface area contributed by atoms with Crippen LogP contribution in [-0.2, 0) is 10.0 Å². The number of nitrogens with zero attached hydrogens (tertiary/aromatic N) is 4. The van der Waals surface area contributed by atoms with Gasteiger partial charge in [-0.15, -0.1) is 0 Å². The molecule has 37 heavy (non-hydrogen) atoms. The molecule has 0 saturated carbocycles. The number of hydrogen-bond acceptors (Lipinski definition) is 7. The minimum atomic E-state index is -3.99. The summed E-state index contributed by atoms with van der Waals surface area (Å²) in [6.45, 7) is 0. The first-order valence-electron chi connectivity index (χ1n) is 10.6. The van der Waals surface area contributed by atoms with Gasteiger partial charge in [0.1, 0.15) is 23.7 Å². The van der Waals surface area contributed by atoms with Gasteiger partial charge in [-0.25, -0.2) is 41.9 Å². The van der Waals surface area contributed by atoms with Gasteiger partial charge in [0, 0.05) is 40.0 Å². The lowest BCUT2D eigenvalue weighted by Crippen LogP contribution is -2.14. The lowest BCUT2D eigenvalue weighted by atomic mass is 9.99. The van der Waals surface area contributed by atoms with Gasteiger partial charge in [-0.05, 0) is 54.1 Å². The number of benzene rings is 3. The molecule has 5 aromatic rings. The van der Waals surface area contributed by atoms with Crippen molar-refractivity contribution in [2.75, 3.05) is 11.8 Å². The van der Waals surface area contributed by atoms with Gasteiger partial charge in [-0.1, -0.05) is 11.6 Å². The number of rotatable bonds is 6. The molecule has 0 bridgehead atoms. The summed E-state index contributed by atoms with van der Waals surface area (Å²) in [7, 11) is -2.55. The summed E-state index contributed by atoms with van der Waals surface area (Å²) in [5.41, 5.74) is 1.85. The lowest BCUT2D eigenvalue weighted by Gasteiger charge is -2.14. The normalized spacial score (nSPS) is 11.5. The van der Waals surface area contributed by atoms with E-state index in [4.69, 9.17) is 16.3 Å². The Kier molecular flexibility index (Phi) is 6.40. The van der Waals surface area contributed by atoms with E-state index in [0.29, 0.717) is 33.5 Å². The number of methoxy groups -OCH3 is 1. The molecule has 0 aliphatic carbocycles. The minimum absolute atomic E-state index is 0.0504. The van der Waals surface area contributed by atoms with Gasteiger partial charge in [0.2, 0.25) is 5.95 Å². The zero-order chi connectivity index (χ0) is 26.2. The molecule has 0 aliphatic heterocycles. The van der Waals surface area contributed by atoms with Gasteiger partial charge in [0.15, 0.2) is 0 Å². The molecule has 0 atom stereocenters. The van der Waals surface area contributed by atoms with Crippen LogP contribution in [0, 0.1) is 11.6 Å². The van der Waals surface area contributed by atoms with E-state index in [1.807, 2.05) is 0 Å². The van der Waals surface area contributed by atoms with E-state index in [1.165, 1.54) is 50.1 Å². The lowest BCUT2D eigenvalue weighted by molar-refractivity contribution is 0.416. The molecule has 0 fully saturated rings. The molecule has 1 N–H and O–H groups in total. The topological polar surface area (TPSA) is 107 Å². The highest BCUT2D eigenvalue weighted by Crippen LogP contribution is 2.41. The summed E-state index contributed by atoms with van der Waals surface area (Å²) < 4.78 is 61.1. The minimum Gasteiger partial charge on any atom is -0.496 e. The zero-order valence-electron chi connectivity index (χ0n) is 19.0. The molecule has 0 saturated heterocycles. The fraction of sp³-hybridized carbons (Fsp3) is 0.0400. The van der Waals surface area contributed by atoms with Crippen LogP contribution in [-0.4, -0.2) is 35.5 Å². The standard InChI is InChI=1S/C25H16ClF2N5O3S/c1-36-23-12-19(14-7-15(27)9-16(28)8-14)21(26)11-20(23)24-18-4-3-17(10-22(18)31-13-32-24)37(34,35)33-25-29-5-2-6-30-25/h2-13H,1H3,(H,29,30,33). The zero-order valence-corrected chi connectivity index (χ0v) is 20.6. The van der Waals surface area contributed by atoms with Gasteiger partial charge < -0.3 is 4.74 Å². The van der Waals surface area contributed by atoms with Crippen molar-refractivity contribution < 1.29 is 21.9 Å². The van der Waals surface area contributed by atoms with E-state index in [9.17, 15) is 17.2 Å². The smallest absolute Gasteiger partial charge is 0.264 e. The van der Waals surface area contributed by atoms with Crippen LogP contribution < -0.4 is 9.46 Å². The second kappa shape index (κ2) is 9.68. The van der Waals surface area contributed by atoms with Crippen LogP contribution in [0.2, 0.25) is 5.02 Å². The van der Waals surface area contributed by atoms with Crippen molar-refractivity contribution in [1.29, 1.82) is 0 Å². The quantitative estimate of drug-likeness (QED) is 0.304. The van der Waals surface area contributed by atoms with Crippen LogP contribution in [0.3, 0.4) is 0 Å². The van der Waals surface area contributed by atoms with E-state index >= 15 is 0 Å². The molecule has 5 rings (SSSR count). The SMILES string of the molecule is COc1cc(-c2cc(F)cc(F)c2)c(Cl)cc1-c1ncnc2cc(S(=O)(=O)Nc3ncccn3)ccc12. The maximum Gasteiger partial charge on any atom is 0.264 e. The highest BCUT2D eigenvalue weighted by molar-refractivity contribution is 7.92. The molecule has 0 radical (unpaired) electrons. The second-order valence-corrected chi connectivity index (χ2v) is 9.86. The summed E-state index contributed by atoms with van der Waals surface area (Å²) in [5.74, 6) is -1.21. The van der Waals surface area contributed by atoms with Crippen LogP contribution in [0.1, 0.15) is 0 Å². The van der Waals surface area contributed by atoms with E-state index in [2.05, 4.69) is 24.7 Å². The summed E-state index contributed by atoms with van der Waals surface area (Å²) in [5, 5.41) is 0.732. The number of nitrogens with one attached hydrogen (secondary N) is 1. The van der Waals surface area contributed by atoms with Crippen molar-refractivity contribution in [3.8, 4) is 28.1 Å². The fourth-order valence-corrected chi connectivity index (χ4v) is 5.04. The Bertz CT molecular complexity index is 1740. The largest absolute Gasteiger partial charge is 0.496 e. The van der Waals surface area contributed by atoms with Crippen molar-refractivity contribution in [1.82, 2.24) is 19.9 Å². The maximum absolute atomic E-state index is 13.8. The third kappa shape index (κ3) is 4.91. The van der Waals surface area contributed by atoms with Crippen molar-refractivity contribution in [2.45, 2.75) is 4.90 Å². The van der Waals surface area contributed by atoms with E-state index < -0.39 is 21.7 Å². The van der Waals surface area contributed by atoms with Crippen molar-refractivity contribution in [3.05, 3.63) is 90.0 Å². The molecule has 0 unspecified atom stereocenters. The molecule has 186 valence electrons. The molecule has 3 aromatic carbocycles. The number of fused-ring (bicyclic) bond motifs is 1. The predicted molar refractivity (Wildman–Crippen MR) is 135 cm³/mol. The second-order valence-electron chi connectivity index (χ2n) is 7.77. The molecule has 0 aliphatic rings. The van der Waals surface area contributed by atoms with E-state index in [1.54, 1.807) is 24.3 Å². The third-order valence-electron chi connectivity index (χ3n) is 5.43. The summed E-state index contributed by atoms with van der Waals surface area (Å²) in [4.78, 5) is 16.3. The molecular formula is C25H16ClF2N5O3S. The molecular weight excluding hydrogens is 524 g/mol.